The van der Waals surface area contributed by atoms with Gasteiger partial charge in [-0.05, 0) is 70.2 Å². The summed E-state index contributed by atoms with van der Waals surface area (Å²) in [5.74, 6) is -1.58. The highest BCUT2D eigenvalue weighted by Crippen LogP contribution is 2.28. The fourth-order valence-corrected chi connectivity index (χ4v) is 3.96. The Morgan fingerprint density at radius 3 is 2.28 bits per heavy atom. The molecule has 0 aliphatic carbocycles. The standard InChI is InChI=1S/C29H47N3O7/c1-9-11-12-17-32(27(36)24(19(3)4)31-28(37)39-29(6,7)8)25(21-13-14-22(33)20(5)18-21)26(35)30-16-15-23(34)38-10-2/h13-14,18-19,24-25,33H,9-12,15-17H2,1-8H3,(H,30,35)(H,31,37). The zero-order chi connectivity index (χ0) is 29.8. The van der Waals surface area contributed by atoms with Gasteiger partial charge < -0.3 is 30.1 Å². The minimum atomic E-state index is -1.06. The van der Waals surface area contributed by atoms with Gasteiger partial charge in [-0.1, -0.05) is 39.7 Å². The topological polar surface area (TPSA) is 134 Å². The molecule has 0 aliphatic heterocycles. The Labute approximate surface area is 232 Å². The fraction of sp³-hybridized carbons (Fsp3) is 0.655. The molecular formula is C29H47N3O7. The number of esters is 1. The summed E-state index contributed by atoms with van der Waals surface area (Å²) in [6.45, 7) is 14.8. The summed E-state index contributed by atoms with van der Waals surface area (Å²) in [6.07, 6.45) is 1.64. The van der Waals surface area contributed by atoms with Crippen molar-refractivity contribution in [3.8, 4) is 5.75 Å². The van der Waals surface area contributed by atoms with Gasteiger partial charge in [-0.25, -0.2) is 4.79 Å². The molecule has 220 valence electrons. The van der Waals surface area contributed by atoms with E-state index in [0.29, 0.717) is 17.5 Å². The van der Waals surface area contributed by atoms with Gasteiger partial charge >= 0.3 is 12.1 Å². The lowest BCUT2D eigenvalue weighted by Crippen LogP contribution is -2.55. The number of unbranched alkanes of at least 4 members (excludes halogenated alkanes) is 2. The number of aromatic hydroxyl groups is 1. The maximum Gasteiger partial charge on any atom is 0.408 e. The van der Waals surface area contributed by atoms with Gasteiger partial charge in [-0.3, -0.25) is 14.4 Å². The number of aryl methyl sites for hydroxylation is 1. The van der Waals surface area contributed by atoms with Crippen LogP contribution in [0.5, 0.6) is 5.75 Å². The number of amides is 3. The second-order valence-electron chi connectivity index (χ2n) is 10.9. The highest BCUT2D eigenvalue weighted by atomic mass is 16.6. The van der Waals surface area contributed by atoms with Crippen molar-refractivity contribution in [2.75, 3.05) is 19.7 Å². The van der Waals surface area contributed by atoms with Crippen molar-refractivity contribution in [1.82, 2.24) is 15.5 Å². The van der Waals surface area contributed by atoms with Crippen LogP contribution in [-0.4, -0.2) is 65.2 Å². The lowest BCUT2D eigenvalue weighted by molar-refractivity contribution is -0.144. The van der Waals surface area contributed by atoms with Crippen LogP contribution in [0.2, 0.25) is 0 Å². The molecule has 0 aromatic heterocycles. The summed E-state index contributed by atoms with van der Waals surface area (Å²) < 4.78 is 10.3. The smallest absolute Gasteiger partial charge is 0.408 e. The number of alkyl carbamates (subject to hydrolysis) is 1. The van der Waals surface area contributed by atoms with Crippen LogP contribution in [0.25, 0.3) is 0 Å². The largest absolute Gasteiger partial charge is 0.508 e. The second-order valence-corrected chi connectivity index (χ2v) is 10.9. The summed E-state index contributed by atoms with van der Waals surface area (Å²) >= 11 is 0. The Kier molecular flexibility index (Phi) is 13.8. The number of phenolic OH excluding ortho intramolecular Hbond substituents is 1. The molecule has 3 N–H and O–H groups in total. The Balaban J connectivity index is 3.45. The van der Waals surface area contributed by atoms with Gasteiger partial charge in [-0.2, -0.15) is 0 Å². The number of ether oxygens (including phenoxy) is 2. The zero-order valence-corrected chi connectivity index (χ0v) is 24.8. The Bertz CT molecular complexity index is 972. The van der Waals surface area contributed by atoms with E-state index < -0.39 is 41.6 Å². The molecule has 0 fully saturated rings. The summed E-state index contributed by atoms with van der Waals surface area (Å²) in [5, 5.41) is 15.6. The zero-order valence-electron chi connectivity index (χ0n) is 24.8. The molecule has 2 unspecified atom stereocenters. The van der Waals surface area contributed by atoms with Gasteiger partial charge in [0.2, 0.25) is 11.8 Å². The summed E-state index contributed by atoms with van der Waals surface area (Å²) in [5.41, 5.74) is 0.300. The average molecular weight is 550 g/mol. The first-order chi connectivity index (χ1) is 18.2. The molecule has 0 saturated carbocycles. The minimum absolute atomic E-state index is 0.0144. The van der Waals surface area contributed by atoms with Crippen molar-refractivity contribution >= 4 is 23.9 Å². The molecule has 10 heteroatoms. The number of benzene rings is 1. The first-order valence-corrected chi connectivity index (χ1v) is 13.7. The molecule has 39 heavy (non-hydrogen) atoms. The lowest BCUT2D eigenvalue weighted by atomic mass is 9.97. The molecule has 0 bridgehead atoms. The van der Waals surface area contributed by atoms with Gasteiger partial charge in [0.05, 0.1) is 13.0 Å². The third-order valence-electron chi connectivity index (χ3n) is 5.92. The third kappa shape index (κ3) is 11.5. The molecule has 1 aromatic rings. The molecule has 0 saturated heterocycles. The van der Waals surface area contributed by atoms with Gasteiger partial charge in [0.1, 0.15) is 23.4 Å². The minimum Gasteiger partial charge on any atom is -0.508 e. The molecule has 10 nitrogen and oxygen atoms in total. The van der Waals surface area contributed by atoms with Crippen molar-refractivity contribution in [2.45, 2.75) is 98.8 Å². The van der Waals surface area contributed by atoms with Gasteiger partial charge in [0, 0.05) is 13.1 Å². The van der Waals surface area contributed by atoms with Crippen LogP contribution in [0, 0.1) is 12.8 Å². The van der Waals surface area contributed by atoms with E-state index in [1.807, 2.05) is 20.8 Å². The first kappa shape index (κ1) is 33.7. The van der Waals surface area contributed by atoms with Crippen molar-refractivity contribution in [3.63, 3.8) is 0 Å². The maximum absolute atomic E-state index is 14.1. The van der Waals surface area contributed by atoms with E-state index in [2.05, 4.69) is 10.6 Å². The highest BCUT2D eigenvalue weighted by molar-refractivity contribution is 5.92. The van der Waals surface area contributed by atoms with E-state index in [9.17, 15) is 24.3 Å². The van der Waals surface area contributed by atoms with Crippen LogP contribution < -0.4 is 10.6 Å². The van der Waals surface area contributed by atoms with E-state index in [4.69, 9.17) is 9.47 Å². The van der Waals surface area contributed by atoms with Gasteiger partial charge in [0.15, 0.2) is 0 Å². The fourth-order valence-electron chi connectivity index (χ4n) is 3.96. The number of hydrogen-bond acceptors (Lipinski definition) is 7. The Morgan fingerprint density at radius 2 is 1.74 bits per heavy atom. The van der Waals surface area contributed by atoms with E-state index in [0.717, 1.165) is 12.8 Å². The number of carbonyl (C=O) groups excluding carboxylic acids is 4. The number of hydrogen-bond donors (Lipinski definition) is 3. The molecule has 3 amide bonds. The van der Waals surface area contributed by atoms with Crippen molar-refractivity contribution in [2.24, 2.45) is 5.92 Å². The maximum atomic E-state index is 14.1. The molecule has 0 heterocycles. The molecule has 0 aliphatic rings. The predicted octanol–water partition coefficient (Wildman–Crippen LogP) is 4.38. The van der Waals surface area contributed by atoms with Crippen LogP contribution in [-0.2, 0) is 23.9 Å². The molecule has 2 atom stereocenters. The van der Waals surface area contributed by atoms with Crippen LogP contribution >= 0.6 is 0 Å². The van der Waals surface area contributed by atoms with Gasteiger partial charge in [-0.15, -0.1) is 0 Å². The first-order valence-electron chi connectivity index (χ1n) is 13.7. The number of phenols is 1. The SMILES string of the molecule is CCCCCN(C(=O)C(NC(=O)OC(C)(C)C)C(C)C)C(C(=O)NCCC(=O)OCC)c1ccc(O)c(C)c1. The summed E-state index contributed by atoms with van der Waals surface area (Å²) in [6, 6.07) is 2.74. The van der Waals surface area contributed by atoms with E-state index in [1.54, 1.807) is 46.8 Å². The number of carbonyl (C=O) groups is 4. The molecule has 0 spiro atoms. The second kappa shape index (κ2) is 16.0. The molecular weight excluding hydrogens is 502 g/mol. The molecule has 1 aromatic carbocycles. The predicted molar refractivity (Wildman–Crippen MR) is 149 cm³/mol. The van der Waals surface area contributed by atoms with Crippen molar-refractivity contribution < 1.29 is 33.8 Å². The van der Waals surface area contributed by atoms with Crippen LogP contribution in [0.4, 0.5) is 4.79 Å². The highest BCUT2D eigenvalue weighted by Gasteiger charge is 2.37. The summed E-state index contributed by atoms with van der Waals surface area (Å²) in [4.78, 5) is 53.6. The number of nitrogens with zero attached hydrogens (tertiary/aromatic N) is 1. The molecule has 1 rings (SSSR count). The summed E-state index contributed by atoms with van der Waals surface area (Å²) in [7, 11) is 0. The quantitative estimate of drug-likeness (QED) is 0.232. The van der Waals surface area contributed by atoms with Crippen LogP contribution in [0.15, 0.2) is 18.2 Å². The van der Waals surface area contributed by atoms with Crippen LogP contribution in [0.3, 0.4) is 0 Å². The van der Waals surface area contributed by atoms with Crippen molar-refractivity contribution in [3.05, 3.63) is 29.3 Å². The average Bonchev–Trinajstić information content (AvgIpc) is 2.82. The van der Waals surface area contributed by atoms with E-state index in [1.165, 1.54) is 11.0 Å². The lowest BCUT2D eigenvalue weighted by Gasteiger charge is -2.35. The van der Waals surface area contributed by atoms with Crippen molar-refractivity contribution in [1.29, 1.82) is 0 Å². The number of rotatable bonds is 14. The van der Waals surface area contributed by atoms with E-state index >= 15 is 0 Å². The Morgan fingerprint density at radius 1 is 1.08 bits per heavy atom. The molecule has 0 radical (unpaired) electrons. The monoisotopic (exact) mass is 549 g/mol. The van der Waals surface area contributed by atoms with Gasteiger partial charge in [0.25, 0.3) is 0 Å². The number of nitrogens with one attached hydrogen (secondary N) is 2. The third-order valence-corrected chi connectivity index (χ3v) is 5.92. The Hall–Kier alpha value is -3.30. The van der Waals surface area contributed by atoms with E-state index in [-0.39, 0.29) is 37.8 Å². The van der Waals surface area contributed by atoms with Crippen LogP contribution in [0.1, 0.15) is 91.3 Å². The normalized spacial score (nSPS) is 12.8.